The molecular weight excluding hydrogens is 331 g/mol. The van der Waals surface area contributed by atoms with Gasteiger partial charge in [0.1, 0.15) is 0 Å². The first kappa shape index (κ1) is 13.0. The molecule has 82 valence electrons. The molecule has 14 heavy (non-hydrogen) atoms. The van der Waals surface area contributed by atoms with Gasteiger partial charge in [-0.25, -0.2) is 0 Å². The van der Waals surface area contributed by atoms with Crippen molar-refractivity contribution in [1.82, 2.24) is 0 Å². The summed E-state index contributed by atoms with van der Waals surface area (Å²) in [6.45, 7) is 4.30. The lowest BCUT2D eigenvalue weighted by molar-refractivity contribution is 0.170. The normalized spacial score (nSPS) is 33.7. The van der Waals surface area contributed by atoms with E-state index in [-0.39, 0.29) is 10.8 Å². The Bertz CT molecular complexity index is 240. The third kappa shape index (κ3) is 2.75. The van der Waals surface area contributed by atoms with Crippen LogP contribution in [0.3, 0.4) is 0 Å². The smallest absolute Gasteiger partial charge is 0.0775 e. The van der Waals surface area contributed by atoms with Crippen LogP contribution in [0, 0.1) is 5.41 Å². The van der Waals surface area contributed by atoms with Crippen LogP contribution in [0.25, 0.3) is 0 Å². The minimum absolute atomic E-state index is 0.0594. The molecule has 1 aliphatic rings. The fraction of sp³-hybridized carbons (Fsp3) is 0.800. The quantitative estimate of drug-likeness (QED) is 0.600. The maximum atomic E-state index is 9.87. The van der Waals surface area contributed by atoms with E-state index >= 15 is 0 Å². The first-order chi connectivity index (χ1) is 6.38. The Morgan fingerprint density at radius 1 is 1.71 bits per heavy atom. The van der Waals surface area contributed by atoms with E-state index in [2.05, 4.69) is 51.8 Å². The molecular formula is C10H15Br2ClO. The number of aliphatic hydroxyl groups excluding tert-OH is 1. The zero-order chi connectivity index (χ0) is 10.9. The lowest BCUT2D eigenvalue weighted by atomic mass is 9.77. The highest BCUT2D eigenvalue weighted by molar-refractivity contribution is 9.09. The number of hydrogen-bond acceptors (Lipinski definition) is 1. The summed E-state index contributed by atoms with van der Waals surface area (Å²) in [6.07, 6.45) is 2.42. The van der Waals surface area contributed by atoms with Gasteiger partial charge in [0.2, 0.25) is 0 Å². The average molecular weight is 346 g/mol. The van der Waals surface area contributed by atoms with Gasteiger partial charge in [0.05, 0.1) is 11.5 Å². The van der Waals surface area contributed by atoms with Crippen LogP contribution >= 0.6 is 43.5 Å². The lowest BCUT2D eigenvalue weighted by Gasteiger charge is -2.37. The Morgan fingerprint density at radius 2 is 2.29 bits per heavy atom. The van der Waals surface area contributed by atoms with Gasteiger partial charge in [-0.15, -0.1) is 11.6 Å². The molecule has 0 heterocycles. The van der Waals surface area contributed by atoms with E-state index in [4.69, 9.17) is 11.6 Å². The van der Waals surface area contributed by atoms with Crippen molar-refractivity contribution < 1.29 is 5.11 Å². The predicted octanol–water partition coefficient (Wildman–Crippen LogP) is 3.47. The number of hydrogen-bond donors (Lipinski definition) is 1. The fourth-order valence-corrected chi connectivity index (χ4v) is 2.71. The van der Waals surface area contributed by atoms with E-state index in [9.17, 15) is 5.11 Å². The molecule has 0 amide bonds. The highest BCUT2D eigenvalue weighted by Gasteiger charge is 2.35. The molecule has 4 heteroatoms. The summed E-state index contributed by atoms with van der Waals surface area (Å²) in [5, 5.41) is 10.4. The molecule has 0 radical (unpaired) electrons. The minimum atomic E-state index is -0.410. The molecule has 1 rings (SSSR count). The van der Waals surface area contributed by atoms with Crippen molar-refractivity contribution in [2.45, 2.75) is 36.6 Å². The molecule has 0 saturated heterocycles. The van der Waals surface area contributed by atoms with Crippen LogP contribution < -0.4 is 0 Å². The second kappa shape index (κ2) is 4.86. The van der Waals surface area contributed by atoms with Gasteiger partial charge in [-0.2, -0.15) is 0 Å². The summed E-state index contributed by atoms with van der Waals surface area (Å²) in [5.41, 5.74) is 1.01. The van der Waals surface area contributed by atoms with Gasteiger partial charge >= 0.3 is 0 Å². The molecule has 1 aliphatic carbocycles. The van der Waals surface area contributed by atoms with E-state index in [1.54, 1.807) is 0 Å². The third-order valence-electron chi connectivity index (χ3n) is 2.66. The van der Waals surface area contributed by atoms with Gasteiger partial charge in [0.15, 0.2) is 0 Å². The number of alkyl halides is 3. The van der Waals surface area contributed by atoms with Crippen molar-refractivity contribution in [1.29, 1.82) is 0 Å². The van der Waals surface area contributed by atoms with Gasteiger partial charge in [-0.05, 0) is 17.4 Å². The SMILES string of the molecule is CC1(C)C=C([C@H](Cl)CBr)[C@H](O)C[C@@H]1Br. The second-order valence-electron chi connectivity index (χ2n) is 4.31. The van der Waals surface area contributed by atoms with Gasteiger partial charge in [0, 0.05) is 10.2 Å². The standard InChI is InChI=1S/C10H15Br2ClO/c1-10(2)4-6(7(13)5-11)8(14)3-9(10)12/h4,7-9,14H,3,5H2,1-2H3/t7-,8-,9+/m1/s1. The first-order valence-electron chi connectivity index (χ1n) is 4.63. The number of rotatable bonds is 2. The molecule has 0 spiro atoms. The van der Waals surface area contributed by atoms with Gasteiger partial charge < -0.3 is 5.11 Å². The highest BCUT2D eigenvalue weighted by Crippen LogP contribution is 2.40. The molecule has 0 aromatic heterocycles. The monoisotopic (exact) mass is 344 g/mol. The van der Waals surface area contributed by atoms with Crippen LogP contribution in [0.5, 0.6) is 0 Å². The summed E-state index contributed by atoms with van der Waals surface area (Å²) >= 11 is 13.0. The molecule has 0 fully saturated rings. The van der Waals surface area contributed by atoms with Crippen LogP contribution in [-0.2, 0) is 0 Å². The summed E-state index contributed by atoms with van der Waals surface area (Å²) in [7, 11) is 0. The lowest BCUT2D eigenvalue weighted by Crippen LogP contribution is -2.36. The van der Waals surface area contributed by atoms with Crippen molar-refractivity contribution in [3.63, 3.8) is 0 Å². The van der Waals surface area contributed by atoms with Crippen molar-refractivity contribution >= 4 is 43.5 Å². The fourth-order valence-electron chi connectivity index (χ4n) is 1.64. The Kier molecular flexibility index (Phi) is 4.51. The Labute approximate surface area is 107 Å². The average Bonchev–Trinajstić information content (AvgIpc) is 2.10. The zero-order valence-electron chi connectivity index (χ0n) is 8.30. The number of halogens is 3. The Balaban J connectivity index is 2.93. The summed E-state index contributed by atoms with van der Waals surface area (Å²) in [6, 6.07) is 0. The van der Waals surface area contributed by atoms with Crippen LogP contribution in [0.15, 0.2) is 11.6 Å². The topological polar surface area (TPSA) is 20.2 Å². The molecule has 0 unspecified atom stereocenters. The summed E-state index contributed by atoms with van der Waals surface area (Å²) in [4.78, 5) is 0.313. The molecule has 0 saturated carbocycles. The minimum Gasteiger partial charge on any atom is -0.389 e. The summed E-state index contributed by atoms with van der Waals surface area (Å²) < 4.78 is 0. The van der Waals surface area contributed by atoms with Crippen LogP contribution in [0.1, 0.15) is 20.3 Å². The molecule has 0 aliphatic heterocycles. The number of aliphatic hydroxyl groups is 1. The molecule has 0 aromatic carbocycles. The third-order valence-corrected chi connectivity index (χ3v) is 5.64. The van der Waals surface area contributed by atoms with Gasteiger partial charge in [-0.3, -0.25) is 0 Å². The Morgan fingerprint density at radius 3 is 2.79 bits per heavy atom. The van der Waals surface area contributed by atoms with Gasteiger partial charge in [0.25, 0.3) is 0 Å². The maximum absolute atomic E-state index is 9.87. The van der Waals surface area contributed by atoms with E-state index in [0.29, 0.717) is 10.2 Å². The molecule has 1 N–H and O–H groups in total. The number of allylic oxidation sites excluding steroid dienone is 1. The molecule has 0 aromatic rings. The largest absolute Gasteiger partial charge is 0.389 e. The van der Waals surface area contributed by atoms with Crippen molar-refractivity contribution in [3.8, 4) is 0 Å². The summed E-state index contributed by atoms with van der Waals surface area (Å²) in [5.74, 6) is 0. The first-order valence-corrected chi connectivity index (χ1v) is 7.10. The highest BCUT2D eigenvalue weighted by atomic mass is 79.9. The maximum Gasteiger partial charge on any atom is 0.0775 e. The zero-order valence-corrected chi connectivity index (χ0v) is 12.2. The predicted molar refractivity (Wildman–Crippen MR) is 68.6 cm³/mol. The molecule has 0 bridgehead atoms. The van der Waals surface area contributed by atoms with E-state index in [1.165, 1.54) is 0 Å². The Hall–Kier alpha value is 0.950. The van der Waals surface area contributed by atoms with Crippen LogP contribution in [0.4, 0.5) is 0 Å². The molecule has 1 nitrogen and oxygen atoms in total. The van der Waals surface area contributed by atoms with Gasteiger partial charge in [-0.1, -0.05) is 51.8 Å². The van der Waals surface area contributed by atoms with Crippen molar-refractivity contribution in [2.75, 3.05) is 5.33 Å². The van der Waals surface area contributed by atoms with Crippen LogP contribution in [-0.4, -0.2) is 26.7 Å². The van der Waals surface area contributed by atoms with E-state index < -0.39 is 6.10 Å². The van der Waals surface area contributed by atoms with Crippen molar-refractivity contribution in [2.24, 2.45) is 5.41 Å². The molecule has 3 atom stereocenters. The van der Waals surface area contributed by atoms with Crippen molar-refractivity contribution in [3.05, 3.63) is 11.6 Å². The van der Waals surface area contributed by atoms with E-state index in [0.717, 1.165) is 12.0 Å². The van der Waals surface area contributed by atoms with Crippen LogP contribution in [0.2, 0.25) is 0 Å². The second-order valence-corrected chi connectivity index (χ2v) is 6.59. The van der Waals surface area contributed by atoms with E-state index in [1.807, 2.05) is 0 Å².